The first kappa shape index (κ1) is 18.9. The third kappa shape index (κ3) is 4.36. The van der Waals surface area contributed by atoms with Crippen molar-refractivity contribution >= 4 is 35.2 Å². The molecule has 1 saturated heterocycles. The van der Waals surface area contributed by atoms with E-state index >= 15 is 0 Å². The Balaban J connectivity index is 1.79. The van der Waals surface area contributed by atoms with Crippen LogP contribution in [0.2, 0.25) is 0 Å². The lowest BCUT2D eigenvalue weighted by atomic mass is 9.93. The Hall–Kier alpha value is -2.42. The van der Waals surface area contributed by atoms with E-state index in [-0.39, 0.29) is 0 Å². The Bertz CT molecular complexity index is 655. The Morgan fingerprint density at radius 1 is 1.32 bits per heavy atom. The van der Waals surface area contributed by atoms with Crippen molar-refractivity contribution in [2.45, 2.75) is 38.8 Å². The third-order valence-electron chi connectivity index (χ3n) is 4.14. The number of carbonyl (C=O) groups excluding carboxylic acids is 4. The van der Waals surface area contributed by atoms with Gasteiger partial charge in [-0.2, -0.15) is 0 Å². The van der Waals surface area contributed by atoms with Crippen molar-refractivity contribution in [3.05, 3.63) is 22.4 Å². The minimum atomic E-state index is -0.963. The lowest BCUT2D eigenvalue weighted by molar-refractivity contribution is -0.151. The van der Waals surface area contributed by atoms with Crippen LogP contribution >= 0.6 is 11.3 Å². The predicted octanol–water partition coefficient (Wildman–Crippen LogP) is 1.02. The molecule has 0 saturated carbocycles. The monoisotopic (exact) mass is 367 g/mol. The van der Waals surface area contributed by atoms with Crippen LogP contribution in [0.25, 0.3) is 0 Å². The van der Waals surface area contributed by atoms with Gasteiger partial charge in [0.15, 0.2) is 6.61 Å². The molecule has 1 aliphatic heterocycles. The maximum atomic E-state index is 12.4. The van der Waals surface area contributed by atoms with Crippen molar-refractivity contribution in [3.8, 4) is 0 Å². The Kier molecular flexibility index (Phi) is 6.13. The van der Waals surface area contributed by atoms with Gasteiger partial charge in [-0.15, -0.1) is 11.3 Å². The standard InChI is InChI=1S/C16H21N3O5S/c1-3-16(4-2)14(22)19(15(23)18-16)9-13(21)24-10-12(20)17-8-11-6-5-7-25-11/h5-7H,3-4,8-10H2,1-2H3,(H,17,20)(H,18,23). The number of nitrogens with zero attached hydrogens (tertiary/aromatic N) is 1. The van der Waals surface area contributed by atoms with Crippen molar-refractivity contribution in [2.24, 2.45) is 0 Å². The lowest BCUT2D eigenvalue weighted by Crippen LogP contribution is -2.46. The van der Waals surface area contributed by atoms with Crippen LogP contribution in [0.15, 0.2) is 17.5 Å². The Morgan fingerprint density at radius 3 is 2.60 bits per heavy atom. The number of amides is 4. The Morgan fingerprint density at radius 2 is 2.04 bits per heavy atom. The van der Waals surface area contributed by atoms with E-state index in [9.17, 15) is 19.2 Å². The minimum Gasteiger partial charge on any atom is -0.454 e. The molecule has 2 rings (SSSR count). The number of ether oxygens (including phenoxy) is 1. The summed E-state index contributed by atoms with van der Waals surface area (Å²) in [7, 11) is 0. The number of urea groups is 1. The van der Waals surface area contributed by atoms with Crippen molar-refractivity contribution in [1.29, 1.82) is 0 Å². The van der Waals surface area contributed by atoms with E-state index in [1.807, 2.05) is 17.5 Å². The number of carbonyl (C=O) groups is 4. The van der Waals surface area contributed by atoms with Gasteiger partial charge in [-0.25, -0.2) is 4.79 Å². The topological polar surface area (TPSA) is 105 Å². The first-order chi connectivity index (χ1) is 11.9. The normalized spacial score (nSPS) is 15.8. The second-order valence-electron chi connectivity index (χ2n) is 5.63. The molecule has 0 aromatic carbocycles. The van der Waals surface area contributed by atoms with Crippen molar-refractivity contribution in [2.75, 3.05) is 13.2 Å². The molecular formula is C16H21N3O5S. The maximum absolute atomic E-state index is 12.4. The number of nitrogens with one attached hydrogen (secondary N) is 2. The summed E-state index contributed by atoms with van der Waals surface area (Å²) in [6.07, 6.45) is 0.871. The van der Waals surface area contributed by atoms with Crippen LogP contribution in [-0.2, 0) is 25.7 Å². The number of hydrogen-bond acceptors (Lipinski definition) is 6. The van der Waals surface area contributed by atoms with Gasteiger partial charge < -0.3 is 15.4 Å². The Labute approximate surface area is 149 Å². The molecule has 0 aliphatic carbocycles. The molecule has 0 spiro atoms. The quantitative estimate of drug-likeness (QED) is 0.527. The zero-order chi connectivity index (χ0) is 18.4. The van der Waals surface area contributed by atoms with Gasteiger partial charge in [0.25, 0.3) is 11.8 Å². The summed E-state index contributed by atoms with van der Waals surface area (Å²) < 4.78 is 4.85. The average molecular weight is 367 g/mol. The number of hydrogen-bond donors (Lipinski definition) is 2. The number of esters is 1. The van der Waals surface area contributed by atoms with Gasteiger partial charge in [0.05, 0.1) is 6.54 Å². The van der Waals surface area contributed by atoms with Crippen LogP contribution in [0, 0.1) is 0 Å². The number of rotatable bonds is 8. The van der Waals surface area contributed by atoms with E-state index in [1.54, 1.807) is 13.8 Å². The fraction of sp³-hybridized carbons (Fsp3) is 0.500. The van der Waals surface area contributed by atoms with Gasteiger partial charge in [0.1, 0.15) is 12.1 Å². The van der Waals surface area contributed by atoms with E-state index in [1.165, 1.54) is 11.3 Å². The molecule has 0 bridgehead atoms. The predicted molar refractivity (Wildman–Crippen MR) is 90.7 cm³/mol. The van der Waals surface area contributed by atoms with E-state index in [0.717, 1.165) is 9.78 Å². The highest BCUT2D eigenvalue weighted by molar-refractivity contribution is 7.09. The van der Waals surface area contributed by atoms with Crippen LogP contribution in [0.1, 0.15) is 31.6 Å². The second kappa shape index (κ2) is 8.11. The van der Waals surface area contributed by atoms with Crippen LogP contribution in [0.5, 0.6) is 0 Å². The smallest absolute Gasteiger partial charge is 0.326 e. The summed E-state index contributed by atoms with van der Waals surface area (Å²) in [4.78, 5) is 49.6. The largest absolute Gasteiger partial charge is 0.454 e. The summed E-state index contributed by atoms with van der Waals surface area (Å²) in [6.45, 7) is 2.98. The fourth-order valence-electron chi connectivity index (χ4n) is 2.52. The van der Waals surface area contributed by atoms with E-state index in [0.29, 0.717) is 19.4 Å². The summed E-state index contributed by atoms with van der Waals surface area (Å²) in [5.41, 5.74) is -0.963. The molecule has 9 heteroatoms. The maximum Gasteiger partial charge on any atom is 0.326 e. The van der Waals surface area contributed by atoms with Crippen LogP contribution in [0.3, 0.4) is 0 Å². The van der Waals surface area contributed by atoms with Gasteiger partial charge in [-0.3, -0.25) is 19.3 Å². The van der Waals surface area contributed by atoms with Gasteiger partial charge in [0.2, 0.25) is 0 Å². The lowest BCUT2D eigenvalue weighted by Gasteiger charge is -2.22. The van der Waals surface area contributed by atoms with Crippen molar-refractivity contribution < 1.29 is 23.9 Å². The summed E-state index contributed by atoms with van der Waals surface area (Å²) in [5.74, 6) is -1.70. The highest BCUT2D eigenvalue weighted by Crippen LogP contribution is 2.24. The van der Waals surface area contributed by atoms with Crippen LogP contribution in [0.4, 0.5) is 4.79 Å². The summed E-state index contributed by atoms with van der Waals surface area (Å²) in [6, 6.07) is 3.13. The number of thiophene rings is 1. The molecule has 1 aromatic heterocycles. The van der Waals surface area contributed by atoms with E-state index in [4.69, 9.17) is 4.74 Å². The molecule has 4 amide bonds. The van der Waals surface area contributed by atoms with Crippen molar-refractivity contribution in [1.82, 2.24) is 15.5 Å². The molecule has 2 N–H and O–H groups in total. The first-order valence-electron chi connectivity index (χ1n) is 8.00. The first-order valence-corrected chi connectivity index (χ1v) is 8.88. The van der Waals surface area contributed by atoms with E-state index < -0.39 is 42.5 Å². The average Bonchev–Trinajstić information content (AvgIpc) is 3.20. The molecule has 2 heterocycles. The molecule has 8 nitrogen and oxygen atoms in total. The molecule has 1 fully saturated rings. The zero-order valence-corrected chi connectivity index (χ0v) is 15.0. The molecule has 1 aromatic rings. The van der Waals surface area contributed by atoms with Gasteiger partial charge in [-0.05, 0) is 24.3 Å². The van der Waals surface area contributed by atoms with Crippen LogP contribution < -0.4 is 10.6 Å². The van der Waals surface area contributed by atoms with Gasteiger partial charge in [-0.1, -0.05) is 19.9 Å². The molecular weight excluding hydrogens is 346 g/mol. The SMILES string of the molecule is CCC1(CC)NC(=O)N(CC(=O)OCC(=O)NCc2cccs2)C1=O. The molecule has 136 valence electrons. The molecule has 0 unspecified atom stereocenters. The summed E-state index contributed by atoms with van der Waals surface area (Å²) >= 11 is 1.50. The number of imide groups is 1. The fourth-order valence-corrected chi connectivity index (χ4v) is 3.16. The minimum absolute atomic E-state index is 0.358. The van der Waals surface area contributed by atoms with Crippen molar-refractivity contribution in [3.63, 3.8) is 0 Å². The summed E-state index contributed by atoms with van der Waals surface area (Å²) in [5, 5.41) is 7.14. The molecule has 25 heavy (non-hydrogen) atoms. The highest BCUT2D eigenvalue weighted by atomic mass is 32.1. The van der Waals surface area contributed by atoms with Crippen LogP contribution in [-0.4, -0.2) is 47.4 Å². The van der Waals surface area contributed by atoms with Gasteiger partial charge in [0, 0.05) is 4.88 Å². The third-order valence-corrected chi connectivity index (χ3v) is 5.02. The molecule has 0 atom stereocenters. The second-order valence-corrected chi connectivity index (χ2v) is 6.66. The van der Waals surface area contributed by atoms with Gasteiger partial charge >= 0.3 is 12.0 Å². The zero-order valence-electron chi connectivity index (χ0n) is 14.2. The molecule has 0 radical (unpaired) electrons. The molecule has 1 aliphatic rings. The van der Waals surface area contributed by atoms with E-state index in [2.05, 4.69) is 10.6 Å². The highest BCUT2D eigenvalue weighted by Gasteiger charge is 2.49.